The molecule has 1 saturated carbocycles. The average Bonchev–Trinajstić information content (AvgIpc) is 3.41. The number of urea groups is 1. The lowest BCUT2D eigenvalue weighted by atomic mass is 10.0. The van der Waals surface area contributed by atoms with Gasteiger partial charge in [0.25, 0.3) is 0 Å². The maximum Gasteiger partial charge on any atom is 0.315 e. The highest BCUT2D eigenvalue weighted by molar-refractivity contribution is 5.74. The Morgan fingerprint density at radius 1 is 1.40 bits per heavy atom. The van der Waals surface area contributed by atoms with Crippen LogP contribution < -0.4 is 16.4 Å². The zero-order valence-corrected chi connectivity index (χ0v) is 14.0. The van der Waals surface area contributed by atoms with Gasteiger partial charge in [0, 0.05) is 6.54 Å². The van der Waals surface area contributed by atoms with Crippen LogP contribution in [0.1, 0.15) is 42.1 Å². The smallest absolute Gasteiger partial charge is 0.315 e. The molecular formula is C18H22N6O. The molecule has 0 saturated heterocycles. The lowest BCUT2D eigenvalue weighted by molar-refractivity contribution is 0.235. The summed E-state index contributed by atoms with van der Waals surface area (Å²) in [6.07, 6.45) is 3.61. The number of aromatic nitrogens is 2. The van der Waals surface area contributed by atoms with Gasteiger partial charge in [0.2, 0.25) is 0 Å². The molecule has 130 valence electrons. The molecule has 1 aliphatic carbocycles. The monoisotopic (exact) mass is 338 g/mol. The number of amides is 2. The number of hydrogen-bond donors (Lipinski definition) is 4. The Kier molecular flexibility index (Phi) is 5.19. The van der Waals surface area contributed by atoms with E-state index in [-0.39, 0.29) is 17.9 Å². The van der Waals surface area contributed by atoms with E-state index in [0.29, 0.717) is 36.6 Å². The Balaban J connectivity index is 1.45. The largest absolute Gasteiger partial charge is 0.381 e. The highest BCUT2D eigenvalue weighted by atomic mass is 16.2. The van der Waals surface area contributed by atoms with Crippen molar-refractivity contribution >= 4 is 11.8 Å². The zero-order valence-electron chi connectivity index (χ0n) is 14.0. The number of H-pyrrole nitrogens is 1. The number of carbonyl (C=O) groups excluding carboxylic acids is 1. The second-order valence-electron chi connectivity index (χ2n) is 6.30. The Labute approximate surface area is 146 Å². The van der Waals surface area contributed by atoms with E-state index < -0.39 is 0 Å². The van der Waals surface area contributed by atoms with E-state index in [1.54, 1.807) is 0 Å². The SMILES string of the molecule is N#Cc1c(N)n[nH]c1CCCNC(=O)N[C@H](c1ccccc1)C1CC1. The number of benzene rings is 1. The molecule has 1 atom stereocenters. The first-order valence-electron chi connectivity index (χ1n) is 8.51. The van der Waals surface area contributed by atoms with Crippen LogP contribution in [0.4, 0.5) is 10.6 Å². The molecule has 1 aliphatic rings. The van der Waals surface area contributed by atoms with Gasteiger partial charge in [-0.3, -0.25) is 5.10 Å². The predicted octanol–water partition coefficient (Wildman–Crippen LogP) is 2.25. The van der Waals surface area contributed by atoms with Crippen molar-refractivity contribution in [2.75, 3.05) is 12.3 Å². The van der Waals surface area contributed by atoms with Crippen molar-refractivity contribution in [2.24, 2.45) is 5.92 Å². The summed E-state index contributed by atoms with van der Waals surface area (Å²) in [4.78, 5) is 12.2. The Bertz CT molecular complexity index is 760. The third-order valence-corrected chi connectivity index (χ3v) is 4.41. The molecule has 5 N–H and O–H groups in total. The van der Waals surface area contributed by atoms with E-state index in [9.17, 15) is 4.79 Å². The summed E-state index contributed by atoms with van der Waals surface area (Å²) in [6, 6.07) is 12.0. The van der Waals surface area contributed by atoms with Crippen LogP contribution in [0.15, 0.2) is 30.3 Å². The van der Waals surface area contributed by atoms with Crippen molar-refractivity contribution in [3.63, 3.8) is 0 Å². The van der Waals surface area contributed by atoms with Gasteiger partial charge in [-0.05, 0) is 37.2 Å². The minimum Gasteiger partial charge on any atom is -0.381 e. The number of aromatic amines is 1. The van der Waals surface area contributed by atoms with Crippen LogP contribution in [0.25, 0.3) is 0 Å². The molecule has 3 rings (SSSR count). The Hall–Kier alpha value is -3.01. The number of anilines is 1. The van der Waals surface area contributed by atoms with E-state index in [0.717, 1.165) is 18.4 Å². The molecule has 1 aromatic heterocycles. The van der Waals surface area contributed by atoms with Crippen LogP contribution in [0.2, 0.25) is 0 Å². The van der Waals surface area contributed by atoms with Crippen molar-refractivity contribution in [3.05, 3.63) is 47.2 Å². The van der Waals surface area contributed by atoms with Crippen molar-refractivity contribution in [1.82, 2.24) is 20.8 Å². The number of nitriles is 1. The van der Waals surface area contributed by atoms with E-state index in [2.05, 4.69) is 33.0 Å². The lowest BCUT2D eigenvalue weighted by Crippen LogP contribution is -2.39. The predicted molar refractivity (Wildman–Crippen MR) is 94.5 cm³/mol. The molecule has 7 nitrogen and oxygen atoms in total. The summed E-state index contributed by atoms with van der Waals surface area (Å²) in [5.41, 5.74) is 7.85. The molecule has 2 aromatic rings. The van der Waals surface area contributed by atoms with Gasteiger partial charge in [-0.15, -0.1) is 0 Å². The first kappa shape index (κ1) is 16.8. The van der Waals surface area contributed by atoms with E-state index >= 15 is 0 Å². The van der Waals surface area contributed by atoms with Crippen LogP contribution in [0.3, 0.4) is 0 Å². The minimum absolute atomic E-state index is 0.0683. The molecule has 0 radical (unpaired) electrons. The molecule has 0 spiro atoms. The van der Waals surface area contributed by atoms with Gasteiger partial charge in [-0.25, -0.2) is 4.79 Å². The van der Waals surface area contributed by atoms with Crippen LogP contribution in [-0.2, 0) is 6.42 Å². The van der Waals surface area contributed by atoms with Crippen LogP contribution in [0, 0.1) is 17.2 Å². The molecule has 1 heterocycles. The van der Waals surface area contributed by atoms with Crippen molar-refractivity contribution in [1.29, 1.82) is 5.26 Å². The first-order valence-corrected chi connectivity index (χ1v) is 8.51. The molecule has 0 aliphatic heterocycles. The van der Waals surface area contributed by atoms with Gasteiger partial charge >= 0.3 is 6.03 Å². The molecular weight excluding hydrogens is 316 g/mol. The maximum absolute atomic E-state index is 12.2. The van der Waals surface area contributed by atoms with E-state index in [1.165, 1.54) is 0 Å². The third kappa shape index (κ3) is 4.29. The van der Waals surface area contributed by atoms with Crippen LogP contribution >= 0.6 is 0 Å². The highest BCUT2D eigenvalue weighted by Crippen LogP contribution is 2.40. The highest BCUT2D eigenvalue weighted by Gasteiger charge is 2.33. The molecule has 1 fully saturated rings. The molecule has 0 bridgehead atoms. The van der Waals surface area contributed by atoms with Crippen LogP contribution in [-0.4, -0.2) is 22.8 Å². The number of nitrogens with one attached hydrogen (secondary N) is 3. The van der Waals surface area contributed by atoms with Gasteiger partial charge in [0.15, 0.2) is 5.82 Å². The number of nitrogens with zero attached hydrogens (tertiary/aromatic N) is 2. The van der Waals surface area contributed by atoms with E-state index in [1.807, 2.05) is 24.3 Å². The fourth-order valence-electron chi connectivity index (χ4n) is 2.92. The van der Waals surface area contributed by atoms with Gasteiger partial charge in [0.05, 0.1) is 11.7 Å². The molecule has 2 amide bonds. The average molecular weight is 338 g/mol. The number of hydrogen-bond acceptors (Lipinski definition) is 4. The van der Waals surface area contributed by atoms with Gasteiger partial charge in [-0.1, -0.05) is 30.3 Å². The number of nitrogen functional groups attached to an aromatic ring is 1. The van der Waals surface area contributed by atoms with Gasteiger partial charge in [-0.2, -0.15) is 10.4 Å². The number of rotatable bonds is 7. The summed E-state index contributed by atoms with van der Waals surface area (Å²) < 4.78 is 0. The maximum atomic E-state index is 12.2. The van der Waals surface area contributed by atoms with Crippen LogP contribution in [0.5, 0.6) is 0 Å². The van der Waals surface area contributed by atoms with Gasteiger partial charge < -0.3 is 16.4 Å². The minimum atomic E-state index is -0.162. The second-order valence-corrected chi connectivity index (χ2v) is 6.30. The standard InChI is InChI=1S/C18H22N6O/c19-11-14-15(23-24-17(14)20)7-4-10-21-18(25)22-16(13-8-9-13)12-5-2-1-3-6-12/h1-3,5-6,13,16H,4,7-10H2,(H3,20,23,24)(H2,21,22,25)/t16-/m1/s1. The van der Waals surface area contributed by atoms with Crippen molar-refractivity contribution in [3.8, 4) is 6.07 Å². The lowest BCUT2D eigenvalue weighted by Gasteiger charge is -2.19. The molecule has 0 unspecified atom stereocenters. The van der Waals surface area contributed by atoms with Crippen molar-refractivity contribution < 1.29 is 4.79 Å². The Morgan fingerprint density at radius 3 is 2.84 bits per heavy atom. The molecule has 25 heavy (non-hydrogen) atoms. The summed E-state index contributed by atoms with van der Waals surface area (Å²) >= 11 is 0. The van der Waals surface area contributed by atoms with E-state index in [4.69, 9.17) is 11.0 Å². The fraction of sp³-hybridized carbons (Fsp3) is 0.389. The molecule has 1 aromatic carbocycles. The second kappa shape index (κ2) is 7.71. The summed E-state index contributed by atoms with van der Waals surface area (Å²) in [5, 5.41) is 21.6. The fourth-order valence-corrected chi connectivity index (χ4v) is 2.92. The number of nitrogens with two attached hydrogens (primary N) is 1. The number of aryl methyl sites for hydroxylation is 1. The van der Waals surface area contributed by atoms with Gasteiger partial charge in [0.1, 0.15) is 11.6 Å². The first-order chi connectivity index (χ1) is 12.2. The van der Waals surface area contributed by atoms with Crippen molar-refractivity contribution in [2.45, 2.75) is 31.7 Å². The quantitative estimate of drug-likeness (QED) is 0.579. The molecule has 7 heteroatoms. The zero-order chi connectivity index (χ0) is 17.6. The number of carbonyl (C=O) groups is 1. The normalized spacial score (nSPS) is 14.5. The summed E-state index contributed by atoms with van der Waals surface area (Å²) in [6.45, 7) is 0.516. The third-order valence-electron chi connectivity index (χ3n) is 4.41. The summed E-state index contributed by atoms with van der Waals surface area (Å²) in [7, 11) is 0. The topological polar surface area (TPSA) is 120 Å². The summed E-state index contributed by atoms with van der Waals surface area (Å²) in [5.74, 6) is 0.748. The Morgan fingerprint density at radius 2 is 2.16 bits per heavy atom.